The van der Waals surface area contributed by atoms with Gasteiger partial charge in [0.1, 0.15) is 0 Å². The van der Waals surface area contributed by atoms with Gasteiger partial charge in [0.25, 0.3) is 0 Å². The highest BCUT2D eigenvalue weighted by atomic mass is 16.5. The van der Waals surface area contributed by atoms with E-state index in [-0.39, 0.29) is 23.8 Å². The number of piperidine rings is 1. The normalized spacial score (nSPS) is 24.8. The molecule has 2 N–H and O–H groups in total. The van der Waals surface area contributed by atoms with Crippen LogP contribution in [0.25, 0.3) is 6.08 Å². The van der Waals surface area contributed by atoms with Gasteiger partial charge in [-0.3, -0.25) is 14.6 Å². The average molecular weight is 343 g/mol. The summed E-state index contributed by atoms with van der Waals surface area (Å²) in [6.07, 6.45) is 9.27. The Labute approximate surface area is 148 Å². The molecular weight excluding hydrogens is 318 g/mol. The number of aromatic nitrogens is 1. The van der Waals surface area contributed by atoms with E-state index in [1.165, 1.54) is 0 Å². The molecule has 0 radical (unpaired) electrons. The van der Waals surface area contributed by atoms with E-state index in [2.05, 4.69) is 4.98 Å². The number of primary amides is 1. The van der Waals surface area contributed by atoms with Crippen molar-refractivity contribution < 1.29 is 14.3 Å². The van der Waals surface area contributed by atoms with Gasteiger partial charge in [-0.1, -0.05) is 0 Å². The fourth-order valence-electron chi connectivity index (χ4n) is 3.77. The lowest BCUT2D eigenvalue weighted by molar-refractivity contribution is -0.130. The molecule has 0 aliphatic carbocycles. The van der Waals surface area contributed by atoms with Crippen molar-refractivity contribution in [3.63, 3.8) is 0 Å². The van der Waals surface area contributed by atoms with Crippen molar-refractivity contribution in [1.29, 1.82) is 0 Å². The summed E-state index contributed by atoms with van der Waals surface area (Å²) in [5.41, 5.74) is 7.47. The molecule has 0 aromatic carbocycles. The largest absolute Gasteiger partial charge is 0.377 e. The van der Waals surface area contributed by atoms with Gasteiger partial charge < -0.3 is 15.4 Å². The van der Waals surface area contributed by atoms with Crippen LogP contribution in [0.5, 0.6) is 0 Å². The van der Waals surface area contributed by atoms with E-state index in [0.717, 1.165) is 24.0 Å². The molecule has 2 aliphatic rings. The highest BCUT2D eigenvalue weighted by Gasteiger charge is 2.39. The number of ether oxygens (including phenoxy) is 1. The molecule has 25 heavy (non-hydrogen) atoms. The minimum absolute atomic E-state index is 0.0127. The quantitative estimate of drug-likeness (QED) is 0.840. The van der Waals surface area contributed by atoms with Crippen molar-refractivity contribution in [3.05, 3.63) is 35.7 Å². The standard InChI is InChI=1S/C19H25N3O3/c1-13-10-14(12-21-11-13)2-3-17(23)22-7-4-15(5-8-22)18-16(19(20)24)6-9-25-18/h2-3,10-12,15-16,18H,4-9H2,1H3,(H2,20,24)/b3-2+/t16-,18+/m0/s1. The summed E-state index contributed by atoms with van der Waals surface area (Å²) in [7, 11) is 0. The van der Waals surface area contributed by atoms with E-state index in [0.29, 0.717) is 32.0 Å². The molecule has 2 amide bonds. The molecule has 6 nitrogen and oxygen atoms in total. The molecule has 6 heteroatoms. The summed E-state index contributed by atoms with van der Waals surface area (Å²) in [4.78, 5) is 29.9. The molecule has 0 unspecified atom stereocenters. The van der Waals surface area contributed by atoms with Gasteiger partial charge in [-0.2, -0.15) is 0 Å². The van der Waals surface area contributed by atoms with E-state index in [9.17, 15) is 9.59 Å². The Morgan fingerprint density at radius 3 is 2.72 bits per heavy atom. The number of carbonyl (C=O) groups excluding carboxylic acids is 2. The summed E-state index contributed by atoms with van der Waals surface area (Å²) in [5.74, 6) is -0.135. The summed E-state index contributed by atoms with van der Waals surface area (Å²) in [5, 5.41) is 0. The summed E-state index contributed by atoms with van der Waals surface area (Å²) >= 11 is 0. The lowest BCUT2D eigenvalue weighted by Crippen LogP contribution is -2.43. The number of nitrogens with zero attached hydrogens (tertiary/aromatic N) is 2. The molecule has 0 bridgehead atoms. The second-order valence-corrected chi connectivity index (χ2v) is 6.92. The predicted molar refractivity (Wildman–Crippen MR) is 94.4 cm³/mol. The first kappa shape index (κ1) is 17.6. The van der Waals surface area contributed by atoms with Crippen LogP contribution >= 0.6 is 0 Å². The van der Waals surface area contributed by atoms with Gasteiger partial charge in [-0.25, -0.2) is 0 Å². The number of aryl methyl sites for hydroxylation is 1. The second-order valence-electron chi connectivity index (χ2n) is 6.92. The summed E-state index contributed by atoms with van der Waals surface area (Å²) in [6.45, 7) is 3.95. The summed E-state index contributed by atoms with van der Waals surface area (Å²) < 4.78 is 5.75. The van der Waals surface area contributed by atoms with Gasteiger partial charge >= 0.3 is 0 Å². The smallest absolute Gasteiger partial charge is 0.246 e. The van der Waals surface area contributed by atoms with Crippen LogP contribution in [0, 0.1) is 18.8 Å². The van der Waals surface area contributed by atoms with Crippen LogP contribution in [0.15, 0.2) is 24.5 Å². The Hall–Kier alpha value is -2.21. The average Bonchev–Trinajstić information content (AvgIpc) is 3.10. The van der Waals surface area contributed by atoms with Gasteiger partial charge in [0, 0.05) is 38.2 Å². The Morgan fingerprint density at radius 1 is 1.28 bits per heavy atom. The molecule has 0 spiro atoms. The zero-order chi connectivity index (χ0) is 17.8. The highest BCUT2D eigenvalue weighted by Crippen LogP contribution is 2.33. The van der Waals surface area contributed by atoms with Gasteiger partial charge in [-0.15, -0.1) is 0 Å². The Bertz CT molecular complexity index is 666. The molecule has 2 fully saturated rings. The van der Waals surface area contributed by atoms with E-state index in [1.807, 2.05) is 17.9 Å². The monoisotopic (exact) mass is 343 g/mol. The molecule has 1 aromatic rings. The molecule has 2 aliphatic heterocycles. The first-order valence-electron chi connectivity index (χ1n) is 8.84. The van der Waals surface area contributed by atoms with Crippen molar-refractivity contribution >= 4 is 17.9 Å². The third kappa shape index (κ3) is 4.25. The molecule has 3 heterocycles. The van der Waals surface area contributed by atoms with E-state index < -0.39 is 0 Å². The molecule has 2 atom stereocenters. The van der Waals surface area contributed by atoms with Crippen LogP contribution in [-0.2, 0) is 14.3 Å². The van der Waals surface area contributed by atoms with Gasteiger partial charge in [-0.05, 0) is 55.4 Å². The highest BCUT2D eigenvalue weighted by molar-refractivity contribution is 5.91. The minimum Gasteiger partial charge on any atom is -0.377 e. The van der Waals surface area contributed by atoms with E-state index in [1.54, 1.807) is 24.5 Å². The molecule has 134 valence electrons. The molecule has 3 rings (SSSR count). The maximum atomic E-state index is 12.4. The number of carbonyl (C=O) groups is 2. The van der Waals surface area contributed by atoms with Crippen molar-refractivity contribution in [2.75, 3.05) is 19.7 Å². The van der Waals surface area contributed by atoms with Crippen LogP contribution in [0.1, 0.15) is 30.4 Å². The molecule has 1 aromatic heterocycles. The van der Waals surface area contributed by atoms with Crippen LogP contribution in [0.2, 0.25) is 0 Å². The molecule has 2 saturated heterocycles. The maximum Gasteiger partial charge on any atom is 0.246 e. The fourth-order valence-corrected chi connectivity index (χ4v) is 3.77. The minimum atomic E-state index is -0.268. The fraction of sp³-hybridized carbons (Fsp3) is 0.526. The molecule has 0 saturated carbocycles. The lowest BCUT2D eigenvalue weighted by atomic mass is 9.84. The number of hydrogen-bond acceptors (Lipinski definition) is 4. The number of likely N-dealkylation sites (tertiary alicyclic amines) is 1. The van der Waals surface area contributed by atoms with Crippen molar-refractivity contribution in [2.45, 2.75) is 32.3 Å². The Balaban J connectivity index is 1.53. The van der Waals surface area contributed by atoms with Gasteiger partial charge in [0.05, 0.1) is 12.0 Å². The number of pyridine rings is 1. The first-order valence-corrected chi connectivity index (χ1v) is 8.84. The van der Waals surface area contributed by atoms with Crippen LogP contribution in [0.4, 0.5) is 0 Å². The van der Waals surface area contributed by atoms with Crippen molar-refractivity contribution in [3.8, 4) is 0 Å². The summed E-state index contributed by atoms with van der Waals surface area (Å²) in [6, 6.07) is 1.99. The SMILES string of the molecule is Cc1cncc(/C=C/C(=O)N2CCC([C@H]3OCC[C@@H]3C(N)=O)CC2)c1. The van der Waals surface area contributed by atoms with E-state index >= 15 is 0 Å². The predicted octanol–water partition coefficient (Wildman–Crippen LogP) is 1.53. The first-order chi connectivity index (χ1) is 12.0. The van der Waals surface area contributed by atoms with E-state index in [4.69, 9.17) is 10.5 Å². The van der Waals surface area contributed by atoms with Crippen LogP contribution in [0.3, 0.4) is 0 Å². The van der Waals surface area contributed by atoms with Crippen LogP contribution < -0.4 is 5.73 Å². The zero-order valence-corrected chi connectivity index (χ0v) is 14.6. The second kappa shape index (κ2) is 7.78. The number of hydrogen-bond donors (Lipinski definition) is 1. The Morgan fingerprint density at radius 2 is 2.04 bits per heavy atom. The number of amides is 2. The van der Waals surface area contributed by atoms with Gasteiger partial charge in [0.2, 0.25) is 11.8 Å². The van der Waals surface area contributed by atoms with Crippen molar-refractivity contribution in [2.24, 2.45) is 17.6 Å². The lowest BCUT2D eigenvalue weighted by Gasteiger charge is -2.35. The maximum absolute atomic E-state index is 12.4. The van der Waals surface area contributed by atoms with Crippen LogP contribution in [-0.4, -0.2) is 47.5 Å². The molecular formula is C19H25N3O3. The Kier molecular flexibility index (Phi) is 5.48. The number of nitrogens with two attached hydrogens (primary N) is 1. The zero-order valence-electron chi connectivity index (χ0n) is 14.6. The third-order valence-corrected chi connectivity index (χ3v) is 5.13. The topological polar surface area (TPSA) is 85.5 Å². The van der Waals surface area contributed by atoms with Gasteiger partial charge in [0.15, 0.2) is 0 Å². The third-order valence-electron chi connectivity index (χ3n) is 5.13. The number of rotatable bonds is 4. The van der Waals surface area contributed by atoms with Crippen molar-refractivity contribution in [1.82, 2.24) is 9.88 Å².